The highest BCUT2D eigenvalue weighted by molar-refractivity contribution is 7.12. The van der Waals surface area contributed by atoms with Gasteiger partial charge in [0.2, 0.25) is 12.3 Å². The van der Waals surface area contributed by atoms with Crippen LogP contribution >= 0.6 is 11.3 Å². The summed E-state index contributed by atoms with van der Waals surface area (Å²) in [5, 5.41) is 1.92. The number of nitrogens with zero attached hydrogens (tertiary/aromatic N) is 1. The van der Waals surface area contributed by atoms with Crippen LogP contribution < -0.4 is 28.5 Å². The van der Waals surface area contributed by atoms with Gasteiger partial charge in [0.05, 0.1) is 4.88 Å². The van der Waals surface area contributed by atoms with Gasteiger partial charge in [-0.1, -0.05) is 6.07 Å². The first-order valence-corrected chi connectivity index (χ1v) is 5.66. The third-order valence-electron chi connectivity index (χ3n) is 2.18. The Morgan fingerprint density at radius 3 is 2.56 bits per heavy atom. The minimum atomic E-state index is 0. The second-order valence-corrected chi connectivity index (χ2v) is 4.40. The molecule has 0 aliphatic heterocycles. The summed E-state index contributed by atoms with van der Waals surface area (Å²) in [5.41, 5.74) is 1.20. The van der Waals surface area contributed by atoms with Gasteiger partial charge in [-0.05, 0) is 23.9 Å². The number of hydrogen-bond acceptors (Lipinski definition) is 2. The normalized spacial score (nSPS) is 9.56. The lowest BCUT2D eigenvalue weighted by atomic mass is 10.3. The molecular formula is C12H12INOS. The van der Waals surface area contributed by atoms with Crippen molar-refractivity contribution in [2.45, 2.75) is 13.5 Å². The molecule has 0 unspecified atom stereocenters. The van der Waals surface area contributed by atoms with Gasteiger partial charge in [0.1, 0.15) is 0 Å². The molecule has 0 fully saturated rings. The van der Waals surface area contributed by atoms with E-state index in [2.05, 4.69) is 0 Å². The Labute approximate surface area is 116 Å². The quantitative estimate of drug-likeness (QED) is 0.407. The van der Waals surface area contributed by atoms with Gasteiger partial charge in [0, 0.05) is 12.1 Å². The third kappa shape index (κ3) is 3.38. The molecular weight excluding hydrogens is 333 g/mol. The number of thiophene rings is 1. The second-order valence-electron chi connectivity index (χ2n) is 3.45. The van der Waals surface area contributed by atoms with E-state index in [1.165, 1.54) is 16.9 Å². The van der Waals surface area contributed by atoms with E-state index in [4.69, 9.17) is 0 Å². The molecule has 2 aromatic rings. The fraction of sp³-hybridized carbons (Fsp3) is 0.167. The molecule has 4 heteroatoms. The Morgan fingerprint density at radius 2 is 2.00 bits per heavy atom. The van der Waals surface area contributed by atoms with Gasteiger partial charge in [-0.15, -0.1) is 11.3 Å². The van der Waals surface area contributed by atoms with E-state index in [-0.39, 0.29) is 29.8 Å². The van der Waals surface area contributed by atoms with Crippen LogP contribution in [0.3, 0.4) is 0 Å². The minimum absolute atomic E-state index is 0. The van der Waals surface area contributed by atoms with Gasteiger partial charge in [-0.3, -0.25) is 4.79 Å². The lowest BCUT2D eigenvalue weighted by Crippen LogP contribution is -3.00. The maximum absolute atomic E-state index is 11.7. The fourth-order valence-electron chi connectivity index (χ4n) is 1.32. The van der Waals surface area contributed by atoms with Crippen LogP contribution in [-0.2, 0) is 6.54 Å². The van der Waals surface area contributed by atoms with Crippen LogP contribution in [0.2, 0.25) is 0 Å². The Bertz CT molecular complexity index is 450. The predicted molar refractivity (Wildman–Crippen MR) is 60.0 cm³/mol. The first kappa shape index (κ1) is 13.3. The van der Waals surface area contributed by atoms with E-state index in [0.717, 1.165) is 4.88 Å². The van der Waals surface area contributed by atoms with Crippen molar-refractivity contribution in [1.82, 2.24) is 0 Å². The summed E-state index contributed by atoms with van der Waals surface area (Å²) in [5.74, 6) is 0.166. The summed E-state index contributed by atoms with van der Waals surface area (Å²) < 4.78 is 1.90. The molecule has 0 amide bonds. The number of carbonyl (C=O) groups excluding carboxylic acids is 1. The van der Waals surface area contributed by atoms with E-state index in [1.54, 1.807) is 0 Å². The maximum atomic E-state index is 11.7. The van der Waals surface area contributed by atoms with Crippen LogP contribution in [0.25, 0.3) is 0 Å². The number of rotatable bonds is 3. The molecule has 0 bridgehead atoms. The van der Waals surface area contributed by atoms with E-state index >= 15 is 0 Å². The van der Waals surface area contributed by atoms with Crippen LogP contribution in [0, 0.1) is 6.92 Å². The highest BCUT2D eigenvalue weighted by Gasteiger charge is 2.12. The van der Waals surface area contributed by atoms with Gasteiger partial charge >= 0.3 is 0 Å². The number of carbonyl (C=O) groups is 1. The molecule has 0 aliphatic carbocycles. The molecule has 0 N–H and O–H groups in total. The zero-order valence-corrected chi connectivity index (χ0v) is 11.9. The monoisotopic (exact) mass is 345 g/mol. The summed E-state index contributed by atoms with van der Waals surface area (Å²) in [7, 11) is 0. The zero-order valence-electron chi connectivity index (χ0n) is 8.89. The third-order valence-corrected chi connectivity index (χ3v) is 3.09. The molecule has 2 heterocycles. The average Bonchev–Trinajstić information content (AvgIpc) is 2.74. The van der Waals surface area contributed by atoms with Crippen LogP contribution in [0.15, 0.2) is 42.0 Å². The molecule has 0 atom stereocenters. The van der Waals surface area contributed by atoms with Gasteiger partial charge < -0.3 is 24.0 Å². The Balaban J connectivity index is 0.00000128. The standard InChI is InChI=1S/C12H12NOS.HI/c1-10-4-6-13(7-5-10)9-11(14)12-3-2-8-15-12;/h2-8H,9H2,1H3;1H/q+1;/p-1. The van der Waals surface area contributed by atoms with Crippen molar-refractivity contribution in [1.29, 1.82) is 0 Å². The Morgan fingerprint density at radius 1 is 1.31 bits per heavy atom. The summed E-state index contributed by atoms with van der Waals surface area (Å²) in [4.78, 5) is 12.6. The van der Waals surface area contributed by atoms with Crippen molar-refractivity contribution in [2.24, 2.45) is 0 Å². The van der Waals surface area contributed by atoms with Gasteiger partial charge in [0.25, 0.3) is 0 Å². The van der Waals surface area contributed by atoms with Crippen molar-refractivity contribution >= 4 is 17.1 Å². The molecule has 84 valence electrons. The van der Waals surface area contributed by atoms with Crippen molar-refractivity contribution in [3.63, 3.8) is 0 Å². The number of aromatic nitrogens is 1. The smallest absolute Gasteiger partial charge is 0.237 e. The number of aryl methyl sites for hydroxylation is 1. The summed E-state index contributed by atoms with van der Waals surface area (Å²) in [6, 6.07) is 7.77. The molecule has 0 saturated carbocycles. The minimum Gasteiger partial charge on any atom is -1.00 e. The molecule has 0 radical (unpaired) electrons. The number of hydrogen-bond donors (Lipinski definition) is 0. The average molecular weight is 345 g/mol. The molecule has 16 heavy (non-hydrogen) atoms. The van der Waals surface area contributed by atoms with Crippen molar-refractivity contribution in [2.75, 3.05) is 0 Å². The zero-order chi connectivity index (χ0) is 10.7. The van der Waals surface area contributed by atoms with Crippen molar-refractivity contribution < 1.29 is 33.3 Å². The van der Waals surface area contributed by atoms with Crippen LogP contribution in [-0.4, -0.2) is 5.78 Å². The Hall–Kier alpha value is -0.750. The van der Waals surface area contributed by atoms with Crippen LogP contribution in [0.5, 0.6) is 0 Å². The van der Waals surface area contributed by atoms with E-state index in [9.17, 15) is 4.79 Å². The van der Waals surface area contributed by atoms with Gasteiger partial charge in [-0.25, -0.2) is 0 Å². The van der Waals surface area contributed by atoms with Crippen molar-refractivity contribution in [3.8, 4) is 0 Å². The lowest BCUT2D eigenvalue weighted by Gasteiger charge is -1.95. The largest absolute Gasteiger partial charge is 1.00 e. The highest BCUT2D eigenvalue weighted by atomic mass is 127. The SMILES string of the molecule is Cc1cc[n+](CC(=O)c2cccs2)cc1.[I-]. The number of pyridine rings is 1. The molecule has 2 nitrogen and oxygen atoms in total. The topological polar surface area (TPSA) is 20.9 Å². The van der Waals surface area contributed by atoms with E-state index < -0.39 is 0 Å². The first-order valence-electron chi connectivity index (χ1n) is 4.78. The molecule has 2 rings (SSSR count). The molecule has 0 aliphatic rings. The summed E-state index contributed by atoms with van der Waals surface area (Å²) in [6.07, 6.45) is 3.86. The Kier molecular flexibility index (Phi) is 5.08. The second kappa shape index (κ2) is 6.10. The number of halogens is 1. The van der Waals surface area contributed by atoms with Gasteiger partial charge in [0.15, 0.2) is 12.4 Å². The fourth-order valence-corrected chi connectivity index (χ4v) is 1.98. The number of ketones is 1. The summed E-state index contributed by atoms with van der Waals surface area (Å²) in [6.45, 7) is 2.45. The van der Waals surface area contributed by atoms with E-state index in [1.807, 2.05) is 53.5 Å². The molecule has 0 saturated heterocycles. The molecule has 0 aromatic carbocycles. The molecule has 0 spiro atoms. The maximum Gasteiger partial charge on any atom is 0.237 e. The van der Waals surface area contributed by atoms with Crippen LogP contribution in [0.4, 0.5) is 0 Å². The van der Waals surface area contributed by atoms with E-state index in [0.29, 0.717) is 6.54 Å². The lowest BCUT2D eigenvalue weighted by molar-refractivity contribution is -0.683. The van der Waals surface area contributed by atoms with Gasteiger partial charge in [-0.2, -0.15) is 4.57 Å². The summed E-state index contributed by atoms with van der Waals surface area (Å²) >= 11 is 1.49. The molecule has 2 aromatic heterocycles. The predicted octanol–water partition coefficient (Wildman–Crippen LogP) is -0.769. The number of Topliss-reactive ketones (excluding diaryl/α,β-unsaturated/α-hetero) is 1. The van der Waals surface area contributed by atoms with Crippen LogP contribution in [0.1, 0.15) is 15.2 Å². The highest BCUT2D eigenvalue weighted by Crippen LogP contribution is 2.08. The first-order chi connectivity index (χ1) is 7.25. The van der Waals surface area contributed by atoms with Crippen molar-refractivity contribution in [3.05, 3.63) is 52.5 Å².